The second-order valence-corrected chi connectivity index (χ2v) is 6.74. The summed E-state index contributed by atoms with van der Waals surface area (Å²) in [6.07, 6.45) is 0. The van der Waals surface area contributed by atoms with Gasteiger partial charge in [-0.15, -0.1) is 11.3 Å². The molecule has 0 aromatic carbocycles. The van der Waals surface area contributed by atoms with Crippen LogP contribution >= 0.6 is 11.3 Å². The number of nitrogens with one attached hydrogen (secondary N) is 1. The summed E-state index contributed by atoms with van der Waals surface area (Å²) in [5.74, 6) is 0.643. The molecule has 3 rings (SSSR count). The number of amides is 1. The van der Waals surface area contributed by atoms with Crippen molar-refractivity contribution < 1.29 is 4.79 Å². The maximum Gasteiger partial charge on any atom is 0.265 e. The van der Waals surface area contributed by atoms with Gasteiger partial charge in [-0.05, 0) is 32.3 Å². The zero-order valence-corrected chi connectivity index (χ0v) is 14.5. The number of nitrogens with zero attached hydrogens (tertiary/aromatic N) is 4. The molecule has 122 valence electrons. The van der Waals surface area contributed by atoms with Crippen LogP contribution in [-0.2, 0) is 0 Å². The minimum Gasteiger partial charge on any atom is -0.338 e. The number of aryl methyl sites for hydroxylation is 2. The van der Waals surface area contributed by atoms with Gasteiger partial charge in [0.05, 0.1) is 22.0 Å². The molecule has 0 atom stereocenters. The van der Waals surface area contributed by atoms with Crippen molar-refractivity contribution in [1.29, 1.82) is 0 Å². The number of carbonyl (C=O) groups excluding carboxylic acids is 1. The molecule has 3 heterocycles. The molecule has 6 nitrogen and oxygen atoms in total. The maximum atomic E-state index is 12.2. The first kappa shape index (κ1) is 15.9. The van der Waals surface area contributed by atoms with Crippen LogP contribution in [0.15, 0.2) is 17.5 Å². The number of aromatic nitrogens is 2. The molecule has 1 aliphatic rings. The van der Waals surface area contributed by atoms with Crippen LogP contribution in [0.3, 0.4) is 0 Å². The standard InChI is InChI=1S/C16H21N5OS/c1-11-14(19-15(22)13-5-4-10-23-13)12(2)18-16(17-11)21-8-6-20(3)7-9-21/h4-5,10H,6-9H2,1-3H3,(H,19,22). The van der Waals surface area contributed by atoms with E-state index in [4.69, 9.17) is 0 Å². The van der Waals surface area contributed by atoms with Crippen molar-refractivity contribution in [2.24, 2.45) is 0 Å². The lowest BCUT2D eigenvalue weighted by molar-refractivity contribution is 0.103. The molecule has 1 amide bonds. The lowest BCUT2D eigenvalue weighted by Crippen LogP contribution is -2.45. The van der Waals surface area contributed by atoms with Crippen LogP contribution in [0, 0.1) is 13.8 Å². The maximum absolute atomic E-state index is 12.2. The SMILES string of the molecule is Cc1nc(N2CCN(C)CC2)nc(C)c1NC(=O)c1cccs1. The summed E-state index contributed by atoms with van der Waals surface area (Å²) < 4.78 is 0. The van der Waals surface area contributed by atoms with E-state index < -0.39 is 0 Å². The van der Waals surface area contributed by atoms with Crippen molar-refractivity contribution in [2.45, 2.75) is 13.8 Å². The summed E-state index contributed by atoms with van der Waals surface area (Å²) in [6.45, 7) is 7.71. The molecule has 2 aromatic heterocycles. The van der Waals surface area contributed by atoms with Crippen molar-refractivity contribution in [3.63, 3.8) is 0 Å². The summed E-state index contributed by atoms with van der Waals surface area (Å²) in [4.78, 5) is 26.6. The largest absolute Gasteiger partial charge is 0.338 e. The van der Waals surface area contributed by atoms with Gasteiger partial charge in [-0.3, -0.25) is 4.79 Å². The molecule has 0 spiro atoms. The number of likely N-dealkylation sites (N-methyl/N-ethyl adjacent to an activating group) is 1. The summed E-state index contributed by atoms with van der Waals surface area (Å²) >= 11 is 1.42. The number of carbonyl (C=O) groups is 1. The predicted molar refractivity (Wildman–Crippen MR) is 93.5 cm³/mol. The molecule has 1 fully saturated rings. The average molecular weight is 331 g/mol. The molecule has 0 radical (unpaired) electrons. The molecule has 0 unspecified atom stereocenters. The molecular weight excluding hydrogens is 310 g/mol. The summed E-state index contributed by atoms with van der Waals surface area (Å²) in [6, 6.07) is 3.68. The minimum absolute atomic E-state index is 0.109. The van der Waals surface area contributed by atoms with Crippen LogP contribution in [0.25, 0.3) is 0 Å². The highest BCUT2D eigenvalue weighted by molar-refractivity contribution is 7.12. The van der Waals surface area contributed by atoms with E-state index in [2.05, 4.69) is 32.1 Å². The Morgan fingerprint density at radius 3 is 2.39 bits per heavy atom. The lowest BCUT2D eigenvalue weighted by atomic mass is 10.2. The van der Waals surface area contributed by atoms with Gasteiger partial charge < -0.3 is 15.1 Å². The first-order chi connectivity index (χ1) is 11.0. The van der Waals surface area contributed by atoms with E-state index in [1.165, 1.54) is 11.3 Å². The predicted octanol–water partition coefficient (Wildman–Crippen LogP) is 2.16. The third-order valence-corrected chi connectivity index (χ3v) is 4.90. The molecule has 23 heavy (non-hydrogen) atoms. The molecule has 7 heteroatoms. The third-order valence-electron chi connectivity index (χ3n) is 4.03. The Kier molecular flexibility index (Phi) is 4.58. The van der Waals surface area contributed by atoms with Crippen LogP contribution in [0.5, 0.6) is 0 Å². The van der Waals surface area contributed by atoms with Crippen LogP contribution in [0.4, 0.5) is 11.6 Å². The number of thiophene rings is 1. The molecule has 0 bridgehead atoms. The van der Waals surface area contributed by atoms with E-state index in [1.807, 2.05) is 31.4 Å². The van der Waals surface area contributed by atoms with Gasteiger partial charge in [-0.25, -0.2) is 9.97 Å². The monoisotopic (exact) mass is 331 g/mol. The van der Waals surface area contributed by atoms with Gasteiger partial charge in [0.25, 0.3) is 5.91 Å². The van der Waals surface area contributed by atoms with E-state index in [0.29, 0.717) is 10.6 Å². The molecule has 2 aromatic rings. The van der Waals surface area contributed by atoms with Gasteiger partial charge in [0.1, 0.15) is 0 Å². The van der Waals surface area contributed by atoms with E-state index in [0.717, 1.165) is 43.5 Å². The molecule has 1 N–H and O–H groups in total. The van der Waals surface area contributed by atoms with Gasteiger partial charge in [0.2, 0.25) is 5.95 Å². The first-order valence-electron chi connectivity index (χ1n) is 7.68. The molecular formula is C16H21N5OS. The Labute approximate surface area is 140 Å². The van der Waals surface area contributed by atoms with Gasteiger partial charge in [0.15, 0.2) is 0 Å². The minimum atomic E-state index is -0.109. The van der Waals surface area contributed by atoms with E-state index >= 15 is 0 Å². The van der Waals surface area contributed by atoms with Crippen molar-refractivity contribution in [3.05, 3.63) is 33.8 Å². The Bertz CT molecular complexity index is 669. The summed E-state index contributed by atoms with van der Waals surface area (Å²) in [7, 11) is 2.12. The van der Waals surface area contributed by atoms with Gasteiger partial charge in [-0.1, -0.05) is 6.07 Å². The molecule has 1 aliphatic heterocycles. The third kappa shape index (κ3) is 3.51. The molecule has 0 saturated carbocycles. The Morgan fingerprint density at radius 2 is 1.83 bits per heavy atom. The Balaban J connectivity index is 1.79. The fourth-order valence-electron chi connectivity index (χ4n) is 2.61. The summed E-state index contributed by atoms with van der Waals surface area (Å²) in [5.41, 5.74) is 2.31. The van der Waals surface area contributed by atoms with Crippen LogP contribution in [-0.4, -0.2) is 54.0 Å². The van der Waals surface area contributed by atoms with Crippen molar-refractivity contribution in [1.82, 2.24) is 14.9 Å². The Hall–Kier alpha value is -1.99. The normalized spacial score (nSPS) is 15.7. The van der Waals surface area contributed by atoms with E-state index in [1.54, 1.807) is 0 Å². The van der Waals surface area contributed by atoms with E-state index in [-0.39, 0.29) is 5.91 Å². The topological polar surface area (TPSA) is 61.4 Å². The van der Waals surface area contributed by atoms with Crippen LogP contribution in [0.2, 0.25) is 0 Å². The number of hydrogen-bond acceptors (Lipinski definition) is 6. The number of rotatable bonds is 3. The fourth-order valence-corrected chi connectivity index (χ4v) is 3.23. The van der Waals surface area contributed by atoms with Crippen molar-refractivity contribution in [3.8, 4) is 0 Å². The van der Waals surface area contributed by atoms with Gasteiger partial charge >= 0.3 is 0 Å². The second-order valence-electron chi connectivity index (χ2n) is 5.79. The van der Waals surface area contributed by atoms with Gasteiger partial charge in [-0.2, -0.15) is 0 Å². The number of hydrogen-bond donors (Lipinski definition) is 1. The fraction of sp³-hybridized carbons (Fsp3) is 0.438. The quantitative estimate of drug-likeness (QED) is 0.934. The highest BCUT2D eigenvalue weighted by Crippen LogP contribution is 2.22. The number of anilines is 2. The van der Waals surface area contributed by atoms with Gasteiger partial charge in [0, 0.05) is 26.2 Å². The highest BCUT2D eigenvalue weighted by Gasteiger charge is 2.19. The zero-order valence-electron chi connectivity index (χ0n) is 13.7. The summed E-state index contributed by atoms with van der Waals surface area (Å²) in [5, 5.41) is 4.83. The van der Waals surface area contributed by atoms with Crippen LogP contribution in [0.1, 0.15) is 21.1 Å². The lowest BCUT2D eigenvalue weighted by Gasteiger charge is -2.32. The van der Waals surface area contributed by atoms with E-state index in [9.17, 15) is 4.79 Å². The average Bonchev–Trinajstić information content (AvgIpc) is 3.05. The highest BCUT2D eigenvalue weighted by atomic mass is 32.1. The van der Waals surface area contributed by atoms with Crippen molar-refractivity contribution in [2.75, 3.05) is 43.4 Å². The molecule has 1 saturated heterocycles. The van der Waals surface area contributed by atoms with Crippen LogP contribution < -0.4 is 10.2 Å². The first-order valence-corrected chi connectivity index (χ1v) is 8.56. The zero-order chi connectivity index (χ0) is 16.4. The van der Waals surface area contributed by atoms with Crippen molar-refractivity contribution >= 4 is 28.9 Å². The second kappa shape index (κ2) is 6.64. The Morgan fingerprint density at radius 1 is 1.17 bits per heavy atom. The number of piperazine rings is 1. The smallest absolute Gasteiger partial charge is 0.265 e. The molecule has 0 aliphatic carbocycles.